The Morgan fingerprint density at radius 3 is 2.42 bits per heavy atom. The van der Waals surface area contributed by atoms with Crippen molar-refractivity contribution in [3.63, 3.8) is 0 Å². The molecule has 3 rings (SSSR count). The fraction of sp³-hybridized carbons (Fsp3) is 0. The molecule has 0 aliphatic heterocycles. The lowest BCUT2D eigenvalue weighted by Crippen LogP contribution is -2.25. The Bertz CT molecular complexity index is 953. The van der Waals surface area contributed by atoms with E-state index in [9.17, 15) is 9.90 Å². The maximum atomic E-state index is 11.4. The second-order valence-corrected chi connectivity index (χ2v) is 6.42. The maximum absolute atomic E-state index is 11.4. The Morgan fingerprint density at radius 2 is 1.75 bits per heavy atom. The molecule has 0 aliphatic rings. The molecule has 2 aromatic carbocycles. The fourth-order valence-corrected chi connectivity index (χ4v) is 3.00. The standard InChI is InChI=1S/C16H8Cl4N2O2/c17-8-2-1-3-9(6-8)22-13(16(23)24)7-12(21-22)10-4-5-11(18)15(20)14(10)19/h1-7H,(H,23,24)/p-1. The van der Waals surface area contributed by atoms with E-state index in [-0.39, 0.29) is 15.7 Å². The molecule has 1 aromatic heterocycles. The first-order valence-corrected chi connectivity index (χ1v) is 8.11. The van der Waals surface area contributed by atoms with Crippen LogP contribution in [0.2, 0.25) is 20.1 Å². The first-order valence-electron chi connectivity index (χ1n) is 6.59. The molecule has 0 unspecified atom stereocenters. The van der Waals surface area contributed by atoms with Gasteiger partial charge in [0, 0.05) is 10.6 Å². The monoisotopic (exact) mass is 399 g/mol. The third kappa shape index (κ3) is 3.10. The van der Waals surface area contributed by atoms with E-state index in [0.29, 0.717) is 27.0 Å². The number of halogens is 4. The third-order valence-electron chi connectivity index (χ3n) is 3.28. The van der Waals surface area contributed by atoms with Gasteiger partial charge in [-0.2, -0.15) is 5.10 Å². The highest BCUT2D eigenvalue weighted by atomic mass is 35.5. The first kappa shape index (κ1) is 17.1. The topological polar surface area (TPSA) is 57.9 Å². The van der Waals surface area contributed by atoms with E-state index < -0.39 is 5.97 Å². The minimum atomic E-state index is -1.38. The van der Waals surface area contributed by atoms with Crippen molar-refractivity contribution in [2.24, 2.45) is 0 Å². The van der Waals surface area contributed by atoms with Crippen LogP contribution in [-0.4, -0.2) is 15.7 Å². The van der Waals surface area contributed by atoms with Crippen molar-refractivity contribution >= 4 is 52.4 Å². The van der Waals surface area contributed by atoms with Crippen molar-refractivity contribution in [2.45, 2.75) is 0 Å². The van der Waals surface area contributed by atoms with Gasteiger partial charge in [0.05, 0.1) is 38.1 Å². The Kier molecular flexibility index (Phi) is 4.74. The number of carbonyl (C=O) groups excluding carboxylic acids is 1. The minimum Gasteiger partial charge on any atom is -0.543 e. The van der Waals surface area contributed by atoms with Crippen LogP contribution in [0.15, 0.2) is 42.5 Å². The molecular weight excluding hydrogens is 394 g/mol. The van der Waals surface area contributed by atoms with Crippen LogP contribution in [-0.2, 0) is 0 Å². The SMILES string of the molecule is O=C([O-])c1cc(-c2ccc(Cl)c(Cl)c2Cl)nn1-c1cccc(Cl)c1. The molecule has 0 bridgehead atoms. The van der Waals surface area contributed by atoms with Crippen LogP contribution in [0.4, 0.5) is 0 Å². The van der Waals surface area contributed by atoms with Gasteiger partial charge in [-0.1, -0.05) is 52.5 Å². The van der Waals surface area contributed by atoms with Gasteiger partial charge in [0.15, 0.2) is 0 Å². The number of carbonyl (C=O) groups is 1. The van der Waals surface area contributed by atoms with Crippen LogP contribution in [0.1, 0.15) is 10.5 Å². The van der Waals surface area contributed by atoms with Gasteiger partial charge >= 0.3 is 0 Å². The van der Waals surface area contributed by atoms with E-state index in [4.69, 9.17) is 46.4 Å². The molecular formula is C16H7Cl4N2O2-. The summed E-state index contributed by atoms with van der Waals surface area (Å²) in [6.07, 6.45) is 0. The molecule has 0 saturated carbocycles. The summed E-state index contributed by atoms with van der Waals surface area (Å²) in [5.41, 5.74) is 1.10. The number of benzene rings is 2. The summed E-state index contributed by atoms with van der Waals surface area (Å²) in [6.45, 7) is 0. The number of hydrogen-bond acceptors (Lipinski definition) is 3. The van der Waals surface area contributed by atoms with Gasteiger partial charge in [-0.15, -0.1) is 0 Å². The van der Waals surface area contributed by atoms with E-state index in [1.807, 2.05) is 0 Å². The van der Waals surface area contributed by atoms with Crippen LogP contribution in [0.25, 0.3) is 16.9 Å². The van der Waals surface area contributed by atoms with Gasteiger partial charge in [-0.25, -0.2) is 4.68 Å². The predicted molar refractivity (Wildman–Crippen MR) is 93.4 cm³/mol. The summed E-state index contributed by atoms with van der Waals surface area (Å²) in [5.74, 6) is -1.38. The van der Waals surface area contributed by atoms with Crippen molar-refractivity contribution in [1.82, 2.24) is 9.78 Å². The Balaban J connectivity index is 2.21. The van der Waals surface area contributed by atoms with Gasteiger partial charge < -0.3 is 9.90 Å². The lowest BCUT2D eigenvalue weighted by molar-refractivity contribution is -0.255. The Morgan fingerprint density at radius 1 is 1.00 bits per heavy atom. The Labute approximate surface area is 157 Å². The molecule has 24 heavy (non-hydrogen) atoms. The smallest absolute Gasteiger partial charge is 0.0950 e. The second-order valence-electron chi connectivity index (χ2n) is 4.82. The zero-order valence-corrected chi connectivity index (χ0v) is 14.8. The van der Waals surface area contributed by atoms with Crippen molar-refractivity contribution in [1.29, 1.82) is 0 Å². The number of hydrogen-bond donors (Lipinski definition) is 0. The van der Waals surface area contributed by atoms with Crippen LogP contribution in [0.5, 0.6) is 0 Å². The fourth-order valence-electron chi connectivity index (χ4n) is 2.19. The van der Waals surface area contributed by atoms with Gasteiger partial charge in [-0.05, 0) is 36.4 Å². The van der Waals surface area contributed by atoms with E-state index in [1.54, 1.807) is 36.4 Å². The van der Waals surface area contributed by atoms with Crippen LogP contribution in [0.3, 0.4) is 0 Å². The molecule has 0 N–H and O–H groups in total. The third-order valence-corrected chi connectivity index (χ3v) is 4.81. The summed E-state index contributed by atoms with van der Waals surface area (Å²) in [6, 6.07) is 11.1. The quantitative estimate of drug-likeness (QED) is 0.607. The number of carboxylic acids is 1. The summed E-state index contributed by atoms with van der Waals surface area (Å²) in [7, 11) is 0. The highest BCUT2D eigenvalue weighted by Crippen LogP contribution is 2.38. The van der Waals surface area contributed by atoms with Crippen molar-refractivity contribution in [3.8, 4) is 16.9 Å². The van der Waals surface area contributed by atoms with Crippen LogP contribution in [0, 0.1) is 0 Å². The molecule has 0 saturated heterocycles. The van der Waals surface area contributed by atoms with Crippen LogP contribution < -0.4 is 5.11 Å². The van der Waals surface area contributed by atoms with Gasteiger partial charge in [0.2, 0.25) is 0 Å². The average molecular weight is 401 g/mol. The number of carboxylic acid groups (broad SMARTS) is 1. The van der Waals surface area contributed by atoms with Gasteiger partial charge in [0.25, 0.3) is 0 Å². The van der Waals surface area contributed by atoms with Gasteiger partial charge in [-0.3, -0.25) is 0 Å². The Hall–Kier alpha value is -1.72. The van der Waals surface area contributed by atoms with E-state index >= 15 is 0 Å². The van der Waals surface area contributed by atoms with E-state index in [2.05, 4.69) is 5.10 Å². The van der Waals surface area contributed by atoms with E-state index in [0.717, 1.165) is 0 Å². The zero-order valence-electron chi connectivity index (χ0n) is 11.8. The van der Waals surface area contributed by atoms with E-state index in [1.165, 1.54) is 10.7 Å². The van der Waals surface area contributed by atoms with Crippen molar-refractivity contribution in [3.05, 3.63) is 68.2 Å². The summed E-state index contributed by atoms with van der Waals surface area (Å²) < 4.78 is 1.22. The average Bonchev–Trinajstić information content (AvgIpc) is 2.98. The molecule has 0 aliphatic carbocycles. The van der Waals surface area contributed by atoms with Crippen molar-refractivity contribution < 1.29 is 9.90 Å². The van der Waals surface area contributed by atoms with Crippen LogP contribution >= 0.6 is 46.4 Å². The normalized spacial score (nSPS) is 10.8. The molecule has 1 heterocycles. The second kappa shape index (κ2) is 6.65. The lowest BCUT2D eigenvalue weighted by Gasteiger charge is -2.08. The van der Waals surface area contributed by atoms with Crippen molar-refractivity contribution in [2.75, 3.05) is 0 Å². The number of rotatable bonds is 3. The summed E-state index contributed by atoms with van der Waals surface area (Å²) in [4.78, 5) is 11.4. The highest BCUT2D eigenvalue weighted by molar-refractivity contribution is 6.49. The predicted octanol–water partition coefficient (Wildman–Crippen LogP) is 4.52. The summed E-state index contributed by atoms with van der Waals surface area (Å²) in [5, 5.41) is 16.8. The molecule has 122 valence electrons. The first-order chi connectivity index (χ1) is 11.4. The number of aromatic nitrogens is 2. The summed E-state index contributed by atoms with van der Waals surface area (Å²) >= 11 is 24.1. The lowest BCUT2D eigenvalue weighted by atomic mass is 10.1. The maximum Gasteiger partial charge on any atom is 0.0950 e. The zero-order chi connectivity index (χ0) is 17.4. The number of aromatic carboxylic acids is 1. The molecule has 3 aromatic rings. The molecule has 0 fully saturated rings. The molecule has 4 nitrogen and oxygen atoms in total. The molecule has 8 heteroatoms. The number of nitrogens with zero attached hydrogens (tertiary/aromatic N) is 2. The minimum absolute atomic E-state index is 0.144. The molecule has 0 amide bonds. The highest BCUT2D eigenvalue weighted by Gasteiger charge is 2.17. The molecule has 0 spiro atoms. The molecule has 0 radical (unpaired) electrons. The largest absolute Gasteiger partial charge is 0.543 e. The van der Waals surface area contributed by atoms with Gasteiger partial charge in [0.1, 0.15) is 0 Å². The molecule has 0 atom stereocenters.